The predicted octanol–water partition coefficient (Wildman–Crippen LogP) is 6.49. The number of aromatic hydroxyl groups is 2. The van der Waals surface area contributed by atoms with Gasteiger partial charge in [0, 0.05) is 23.8 Å². The van der Waals surface area contributed by atoms with E-state index in [4.69, 9.17) is 0 Å². The van der Waals surface area contributed by atoms with Crippen LogP contribution in [0.5, 0.6) is 11.5 Å². The Balaban J connectivity index is 1.23. The van der Waals surface area contributed by atoms with Crippen molar-refractivity contribution >= 4 is 17.7 Å². The first-order chi connectivity index (χ1) is 22.1. The molecule has 0 spiro atoms. The lowest BCUT2D eigenvalue weighted by atomic mass is 9.99. The molecule has 0 bridgehead atoms. The van der Waals surface area contributed by atoms with Gasteiger partial charge in [-0.2, -0.15) is 0 Å². The second-order valence-electron chi connectivity index (χ2n) is 11.5. The van der Waals surface area contributed by atoms with Crippen molar-refractivity contribution in [3.05, 3.63) is 124 Å². The summed E-state index contributed by atoms with van der Waals surface area (Å²) in [5.74, 6) is 6.20. The van der Waals surface area contributed by atoms with E-state index in [1.165, 1.54) is 5.56 Å². The Morgan fingerprint density at radius 1 is 0.739 bits per heavy atom. The monoisotopic (exact) mass is 618 g/mol. The van der Waals surface area contributed by atoms with Gasteiger partial charge >= 0.3 is 12.1 Å². The molecule has 0 saturated heterocycles. The average Bonchev–Trinajstić information content (AvgIpc) is 3.03. The molecular weight excluding hydrogens is 576 g/mol. The number of hydrogen-bond acceptors (Lipinski definition) is 4. The number of phenols is 2. The van der Waals surface area contributed by atoms with Crippen LogP contribution in [0.25, 0.3) is 0 Å². The normalized spacial score (nSPS) is 11.1. The summed E-state index contributed by atoms with van der Waals surface area (Å²) >= 11 is 0. The van der Waals surface area contributed by atoms with E-state index in [9.17, 15) is 19.8 Å². The molecule has 4 aromatic rings. The van der Waals surface area contributed by atoms with Crippen LogP contribution >= 0.6 is 0 Å². The largest absolute Gasteiger partial charge is 0.508 e. The van der Waals surface area contributed by atoms with Gasteiger partial charge in [0.2, 0.25) is 0 Å². The molecule has 4 amide bonds. The number of aryl methyl sites for hydroxylation is 5. The Bertz CT molecular complexity index is 1710. The minimum absolute atomic E-state index is 0.00531. The predicted molar refractivity (Wildman–Crippen MR) is 183 cm³/mol. The van der Waals surface area contributed by atoms with E-state index in [1.807, 2.05) is 45.0 Å². The van der Waals surface area contributed by atoms with Crippen LogP contribution in [0, 0.1) is 25.7 Å². The van der Waals surface area contributed by atoms with E-state index in [2.05, 4.69) is 57.4 Å². The van der Waals surface area contributed by atoms with Crippen molar-refractivity contribution < 1.29 is 19.8 Å². The number of rotatable bonds is 11. The fourth-order valence-corrected chi connectivity index (χ4v) is 4.91. The van der Waals surface area contributed by atoms with Crippen LogP contribution in [-0.4, -0.2) is 34.9 Å². The number of carbonyl (C=O) groups excluding carboxylic acids is 2. The molecule has 238 valence electrons. The van der Waals surface area contributed by atoms with Crippen LogP contribution in [0.1, 0.15) is 52.3 Å². The SMILES string of the molecule is Cc1ccc(CCc2ccc(C)c(NC(=O)NCC#Cc3cccc(O)c3)c2)cc1CNC(=O)NC(C)CCc1ccc(O)cc1. The van der Waals surface area contributed by atoms with Crippen LogP contribution in [0.3, 0.4) is 0 Å². The van der Waals surface area contributed by atoms with E-state index >= 15 is 0 Å². The van der Waals surface area contributed by atoms with Gasteiger partial charge in [0.05, 0.1) is 6.54 Å². The maximum Gasteiger partial charge on any atom is 0.320 e. The van der Waals surface area contributed by atoms with Gasteiger partial charge in [-0.15, -0.1) is 0 Å². The number of urea groups is 2. The van der Waals surface area contributed by atoms with Gasteiger partial charge in [-0.3, -0.25) is 0 Å². The Morgan fingerprint density at radius 3 is 2.17 bits per heavy atom. The summed E-state index contributed by atoms with van der Waals surface area (Å²) in [5, 5.41) is 30.6. The van der Waals surface area contributed by atoms with Crippen molar-refractivity contribution in [1.29, 1.82) is 0 Å². The summed E-state index contributed by atoms with van der Waals surface area (Å²) in [6.07, 6.45) is 3.21. The van der Waals surface area contributed by atoms with Crippen LogP contribution in [-0.2, 0) is 25.8 Å². The molecule has 4 aromatic carbocycles. The van der Waals surface area contributed by atoms with Gasteiger partial charge in [0.15, 0.2) is 0 Å². The summed E-state index contributed by atoms with van der Waals surface area (Å²) in [6.45, 7) is 6.58. The van der Waals surface area contributed by atoms with E-state index in [0.29, 0.717) is 12.1 Å². The van der Waals surface area contributed by atoms with Crippen molar-refractivity contribution in [3.63, 3.8) is 0 Å². The van der Waals surface area contributed by atoms with Gasteiger partial charge in [-0.1, -0.05) is 60.4 Å². The summed E-state index contributed by atoms with van der Waals surface area (Å²) < 4.78 is 0. The van der Waals surface area contributed by atoms with Crippen molar-refractivity contribution in [2.45, 2.75) is 59.0 Å². The molecule has 0 radical (unpaired) electrons. The first-order valence-corrected chi connectivity index (χ1v) is 15.5. The quantitative estimate of drug-likeness (QED) is 0.108. The molecule has 6 N–H and O–H groups in total. The average molecular weight is 619 g/mol. The fraction of sp³-hybridized carbons (Fsp3) is 0.263. The number of benzene rings is 4. The van der Waals surface area contributed by atoms with Crippen LogP contribution in [0.2, 0.25) is 0 Å². The Kier molecular flexibility index (Phi) is 12.1. The minimum atomic E-state index is -0.336. The molecule has 0 aliphatic rings. The number of nitrogens with one attached hydrogen (secondary N) is 4. The molecule has 0 aliphatic heterocycles. The van der Waals surface area contributed by atoms with Crippen LogP contribution in [0.15, 0.2) is 84.9 Å². The second kappa shape index (κ2) is 16.6. The van der Waals surface area contributed by atoms with Gasteiger partial charge in [0.25, 0.3) is 0 Å². The molecule has 4 rings (SSSR count). The first-order valence-electron chi connectivity index (χ1n) is 15.5. The van der Waals surface area contributed by atoms with E-state index in [0.717, 1.165) is 59.2 Å². The molecule has 0 aliphatic carbocycles. The molecule has 0 saturated carbocycles. The third-order valence-corrected chi connectivity index (χ3v) is 7.70. The maximum absolute atomic E-state index is 12.6. The van der Waals surface area contributed by atoms with Crippen molar-refractivity contribution in [1.82, 2.24) is 16.0 Å². The smallest absolute Gasteiger partial charge is 0.320 e. The molecule has 1 atom stereocenters. The zero-order valence-corrected chi connectivity index (χ0v) is 26.6. The molecular formula is C38H42N4O4. The first kappa shape index (κ1) is 33.5. The van der Waals surface area contributed by atoms with Gasteiger partial charge in [-0.05, 0) is 116 Å². The molecule has 0 heterocycles. The summed E-state index contributed by atoms with van der Waals surface area (Å²) in [5.41, 5.74) is 7.95. The third kappa shape index (κ3) is 10.9. The number of carbonyl (C=O) groups is 2. The number of hydrogen-bond donors (Lipinski definition) is 6. The summed E-state index contributed by atoms with van der Waals surface area (Å²) in [6, 6.07) is 25.7. The molecule has 8 nitrogen and oxygen atoms in total. The second-order valence-corrected chi connectivity index (χ2v) is 11.5. The molecule has 46 heavy (non-hydrogen) atoms. The lowest BCUT2D eigenvalue weighted by Gasteiger charge is -2.16. The van der Waals surface area contributed by atoms with Crippen molar-refractivity contribution in [2.24, 2.45) is 0 Å². The third-order valence-electron chi connectivity index (χ3n) is 7.70. The van der Waals surface area contributed by atoms with Gasteiger partial charge in [0.1, 0.15) is 11.5 Å². The highest BCUT2D eigenvalue weighted by molar-refractivity contribution is 5.90. The number of phenolic OH excluding ortho intramolecular Hbond substituents is 2. The Hall–Kier alpha value is -5.42. The zero-order valence-electron chi connectivity index (χ0n) is 26.6. The zero-order chi connectivity index (χ0) is 32.9. The standard InChI is InChI=1S/C38H42N4O4/c1-26-9-12-31(22-33(26)25-40-38(46)41-28(3)11-14-29-17-19-34(43)20-18-29)15-16-32-13-10-27(2)36(24-32)42-37(45)39-21-5-7-30-6-4-8-35(44)23-30/h4,6,8-10,12-13,17-20,22-24,28,43-44H,11,14-16,21,25H2,1-3H3,(H2,39,42,45)(H2,40,41,46). The van der Waals surface area contributed by atoms with Crippen LogP contribution < -0.4 is 21.3 Å². The van der Waals surface area contributed by atoms with Gasteiger partial charge < -0.3 is 31.5 Å². The summed E-state index contributed by atoms with van der Waals surface area (Å²) in [7, 11) is 0. The fourth-order valence-electron chi connectivity index (χ4n) is 4.91. The number of amides is 4. The Labute approximate surface area is 271 Å². The Morgan fingerprint density at radius 2 is 1.43 bits per heavy atom. The highest BCUT2D eigenvalue weighted by atomic mass is 16.3. The van der Waals surface area contributed by atoms with Gasteiger partial charge in [-0.25, -0.2) is 9.59 Å². The molecule has 0 aromatic heterocycles. The molecule has 1 unspecified atom stereocenters. The van der Waals surface area contributed by atoms with E-state index in [-0.39, 0.29) is 36.1 Å². The van der Waals surface area contributed by atoms with Crippen molar-refractivity contribution in [3.8, 4) is 23.3 Å². The van der Waals surface area contributed by atoms with E-state index in [1.54, 1.807) is 36.4 Å². The lowest BCUT2D eigenvalue weighted by Crippen LogP contribution is -2.40. The summed E-state index contributed by atoms with van der Waals surface area (Å²) in [4.78, 5) is 25.1. The minimum Gasteiger partial charge on any atom is -0.508 e. The highest BCUT2D eigenvalue weighted by Crippen LogP contribution is 2.20. The number of anilines is 1. The highest BCUT2D eigenvalue weighted by Gasteiger charge is 2.10. The molecule has 0 fully saturated rings. The maximum atomic E-state index is 12.6. The van der Waals surface area contributed by atoms with E-state index < -0.39 is 0 Å². The lowest BCUT2D eigenvalue weighted by molar-refractivity contribution is 0.236. The molecule has 8 heteroatoms. The topological polar surface area (TPSA) is 123 Å². The van der Waals surface area contributed by atoms with Crippen molar-refractivity contribution in [2.75, 3.05) is 11.9 Å². The van der Waals surface area contributed by atoms with Crippen LogP contribution in [0.4, 0.5) is 15.3 Å².